The SMILES string of the molecule is CC(=O)O.CCCC[P+](CCCC)(CCCC)CCCC[O-]. The highest BCUT2D eigenvalue weighted by atomic mass is 31.2. The quantitative estimate of drug-likeness (QED) is 0.394. The minimum Gasteiger partial charge on any atom is -0.854 e. The zero-order valence-electron chi connectivity index (χ0n) is 15.4. The Balaban J connectivity index is 0. The van der Waals surface area contributed by atoms with Crippen molar-refractivity contribution in [2.75, 3.05) is 31.3 Å². The molecule has 0 saturated heterocycles. The maximum atomic E-state index is 10.7. The van der Waals surface area contributed by atoms with E-state index in [2.05, 4.69) is 20.8 Å². The molecule has 0 saturated carbocycles. The van der Waals surface area contributed by atoms with Crippen LogP contribution in [0.4, 0.5) is 0 Å². The standard InChI is InChI=1S/C16H35OP.C2H4O2/c1-4-7-13-18(14-8-5-2,15-9-6-3)16-11-10-12-17;1-2(3)4/h4-16H2,1-3H3;1H3,(H,3,4). The van der Waals surface area contributed by atoms with Crippen LogP contribution in [0.2, 0.25) is 0 Å². The lowest BCUT2D eigenvalue weighted by Gasteiger charge is -2.28. The zero-order chi connectivity index (χ0) is 17.3. The summed E-state index contributed by atoms with van der Waals surface area (Å²) in [6.45, 7) is 8.15. The number of aliphatic carboxylic acids is 1. The zero-order valence-corrected chi connectivity index (χ0v) is 16.3. The molecular weight excluding hydrogens is 295 g/mol. The summed E-state index contributed by atoms with van der Waals surface area (Å²) in [6, 6.07) is 0. The first-order valence-electron chi connectivity index (χ1n) is 9.10. The molecule has 0 bridgehead atoms. The molecule has 0 unspecified atom stereocenters. The highest BCUT2D eigenvalue weighted by Gasteiger charge is 2.34. The van der Waals surface area contributed by atoms with Gasteiger partial charge in [-0.2, -0.15) is 0 Å². The molecule has 0 aromatic rings. The molecule has 0 aliphatic heterocycles. The molecule has 134 valence electrons. The van der Waals surface area contributed by atoms with Crippen LogP contribution in [0.1, 0.15) is 79.1 Å². The Morgan fingerprint density at radius 1 is 0.818 bits per heavy atom. The summed E-state index contributed by atoms with van der Waals surface area (Å²) >= 11 is 0. The first kappa shape index (κ1) is 24.1. The van der Waals surface area contributed by atoms with Crippen molar-refractivity contribution >= 4 is 13.2 Å². The van der Waals surface area contributed by atoms with Gasteiger partial charge in [-0.15, -0.1) is 6.61 Å². The van der Waals surface area contributed by atoms with Crippen molar-refractivity contribution in [3.05, 3.63) is 0 Å². The summed E-state index contributed by atoms with van der Waals surface area (Å²) in [4.78, 5) is 9.00. The Kier molecular flexibility index (Phi) is 18.9. The molecule has 1 N–H and O–H groups in total. The van der Waals surface area contributed by atoms with E-state index in [1.54, 1.807) is 0 Å². The fourth-order valence-electron chi connectivity index (χ4n) is 2.70. The molecule has 22 heavy (non-hydrogen) atoms. The first-order valence-corrected chi connectivity index (χ1v) is 11.6. The third-order valence-electron chi connectivity index (χ3n) is 3.98. The molecule has 0 atom stereocenters. The van der Waals surface area contributed by atoms with Crippen LogP contribution in [0.25, 0.3) is 0 Å². The van der Waals surface area contributed by atoms with E-state index >= 15 is 0 Å². The fraction of sp³-hybridized carbons (Fsp3) is 0.944. The Bertz CT molecular complexity index is 219. The Hall–Kier alpha value is -0.140. The van der Waals surface area contributed by atoms with E-state index in [0.717, 1.165) is 13.3 Å². The van der Waals surface area contributed by atoms with Crippen LogP contribution in [-0.2, 0) is 4.79 Å². The largest absolute Gasteiger partial charge is 0.854 e. The van der Waals surface area contributed by atoms with Crippen LogP contribution in [0.15, 0.2) is 0 Å². The van der Waals surface area contributed by atoms with Gasteiger partial charge in [0.1, 0.15) is 0 Å². The van der Waals surface area contributed by atoms with E-state index in [1.807, 2.05) is 0 Å². The highest BCUT2D eigenvalue weighted by molar-refractivity contribution is 7.75. The van der Waals surface area contributed by atoms with Gasteiger partial charge in [-0.25, -0.2) is 0 Å². The minimum absolute atomic E-state index is 0.134. The maximum absolute atomic E-state index is 10.7. The van der Waals surface area contributed by atoms with Gasteiger partial charge >= 0.3 is 0 Å². The Morgan fingerprint density at radius 3 is 1.41 bits per heavy atom. The van der Waals surface area contributed by atoms with Crippen LogP contribution in [0.3, 0.4) is 0 Å². The smallest absolute Gasteiger partial charge is 0.300 e. The predicted octanol–water partition coefficient (Wildman–Crippen LogP) is 4.64. The van der Waals surface area contributed by atoms with Gasteiger partial charge in [0.05, 0.1) is 24.6 Å². The third-order valence-corrected chi connectivity index (χ3v) is 9.04. The van der Waals surface area contributed by atoms with Crippen LogP contribution >= 0.6 is 7.26 Å². The van der Waals surface area contributed by atoms with E-state index in [-0.39, 0.29) is 6.61 Å². The summed E-state index contributed by atoms with van der Waals surface area (Å²) < 4.78 is 0. The van der Waals surface area contributed by atoms with Gasteiger partial charge in [0.15, 0.2) is 0 Å². The summed E-state index contributed by atoms with van der Waals surface area (Å²) in [5, 5.41) is 18.1. The van der Waals surface area contributed by atoms with Gasteiger partial charge in [-0.05, 0) is 25.7 Å². The second-order valence-corrected chi connectivity index (χ2v) is 10.7. The Labute approximate surface area is 139 Å². The van der Waals surface area contributed by atoms with Gasteiger partial charge in [0.25, 0.3) is 5.97 Å². The Morgan fingerprint density at radius 2 is 1.14 bits per heavy atom. The van der Waals surface area contributed by atoms with Crippen LogP contribution < -0.4 is 5.11 Å². The number of carboxylic acids is 1. The number of hydrogen-bond acceptors (Lipinski definition) is 2. The molecule has 0 amide bonds. The van der Waals surface area contributed by atoms with Gasteiger partial charge in [0, 0.05) is 14.2 Å². The molecule has 3 nitrogen and oxygen atoms in total. The highest BCUT2D eigenvalue weighted by Crippen LogP contribution is 2.61. The van der Waals surface area contributed by atoms with Gasteiger partial charge < -0.3 is 10.2 Å². The normalized spacial score (nSPS) is 11.0. The minimum atomic E-state index is -0.833. The van der Waals surface area contributed by atoms with Crippen molar-refractivity contribution in [1.29, 1.82) is 0 Å². The van der Waals surface area contributed by atoms with Crippen molar-refractivity contribution in [3.8, 4) is 0 Å². The monoisotopic (exact) mass is 334 g/mol. The van der Waals surface area contributed by atoms with Crippen molar-refractivity contribution in [2.45, 2.75) is 79.1 Å². The van der Waals surface area contributed by atoms with E-state index in [4.69, 9.17) is 9.90 Å². The van der Waals surface area contributed by atoms with Crippen molar-refractivity contribution in [3.63, 3.8) is 0 Å². The molecule has 0 spiro atoms. The van der Waals surface area contributed by atoms with E-state index in [1.165, 1.54) is 69.6 Å². The van der Waals surface area contributed by atoms with E-state index in [9.17, 15) is 5.11 Å². The molecule has 0 heterocycles. The topological polar surface area (TPSA) is 60.4 Å². The van der Waals surface area contributed by atoms with Gasteiger partial charge in [-0.3, -0.25) is 4.79 Å². The number of hydrogen-bond donors (Lipinski definition) is 1. The summed E-state index contributed by atoms with van der Waals surface area (Å²) in [6.07, 6.45) is 16.3. The van der Waals surface area contributed by atoms with Crippen molar-refractivity contribution in [2.24, 2.45) is 0 Å². The number of carbonyl (C=O) groups is 1. The van der Waals surface area contributed by atoms with Crippen LogP contribution in [0.5, 0.6) is 0 Å². The molecular formula is C18H39O3P. The average Bonchev–Trinajstić information content (AvgIpc) is 2.48. The molecule has 0 aliphatic rings. The first-order chi connectivity index (χ1) is 10.5. The molecule has 0 aliphatic carbocycles. The number of rotatable bonds is 13. The lowest BCUT2D eigenvalue weighted by Crippen LogP contribution is -2.14. The van der Waals surface area contributed by atoms with E-state index < -0.39 is 13.2 Å². The summed E-state index contributed by atoms with van der Waals surface area (Å²) in [5.41, 5.74) is 0. The second-order valence-electron chi connectivity index (χ2n) is 6.23. The lowest BCUT2D eigenvalue weighted by molar-refractivity contribution is -0.368. The number of unbranched alkanes of at least 4 members (excludes halogenated alkanes) is 4. The summed E-state index contributed by atoms with van der Waals surface area (Å²) in [5.74, 6) is -0.833. The van der Waals surface area contributed by atoms with Crippen molar-refractivity contribution in [1.82, 2.24) is 0 Å². The van der Waals surface area contributed by atoms with E-state index in [0.29, 0.717) is 0 Å². The molecule has 0 fully saturated rings. The number of carboxylic acid groups (broad SMARTS) is 1. The summed E-state index contributed by atoms with van der Waals surface area (Å²) in [7, 11) is -0.714. The molecule has 0 radical (unpaired) electrons. The lowest BCUT2D eigenvalue weighted by atomic mass is 10.4. The average molecular weight is 334 g/mol. The van der Waals surface area contributed by atoms with Crippen LogP contribution in [-0.4, -0.2) is 42.3 Å². The molecule has 4 heteroatoms. The second kappa shape index (κ2) is 17.2. The van der Waals surface area contributed by atoms with Crippen molar-refractivity contribution < 1.29 is 15.0 Å². The van der Waals surface area contributed by atoms with Crippen LogP contribution in [0, 0.1) is 0 Å². The third kappa shape index (κ3) is 16.2. The molecule has 0 aromatic heterocycles. The molecule has 0 aromatic carbocycles. The van der Waals surface area contributed by atoms with Gasteiger partial charge in [0.2, 0.25) is 0 Å². The maximum Gasteiger partial charge on any atom is 0.300 e. The van der Waals surface area contributed by atoms with Gasteiger partial charge in [-0.1, -0.05) is 46.5 Å². The fourth-order valence-corrected chi connectivity index (χ4v) is 7.90. The molecule has 0 rings (SSSR count). The predicted molar refractivity (Wildman–Crippen MR) is 98.5 cm³/mol.